The Kier molecular flexibility index (Phi) is 5.24. The Morgan fingerprint density at radius 1 is 1.08 bits per heavy atom. The van der Waals surface area contributed by atoms with Crippen molar-refractivity contribution in [1.82, 2.24) is 0 Å². The van der Waals surface area contributed by atoms with Gasteiger partial charge in [-0.15, -0.1) is 0 Å². The first kappa shape index (κ1) is 18.0. The van der Waals surface area contributed by atoms with Gasteiger partial charge >= 0.3 is 5.97 Å². The molecule has 1 heterocycles. The minimum Gasteiger partial charge on any atom is -0.496 e. The van der Waals surface area contributed by atoms with Crippen LogP contribution in [0.15, 0.2) is 66.2 Å². The van der Waals surface area contributed by atoms with Crippen LogP contribution in [0.1, 0.15) is 30.9 Å². The number of ether oxygens (including phenoxy) is 2. The molecule has 2 aromatic rings. The fourth-order valence-corrected chi connectivity index (χ4v) is 3.19. The molecular weight excluding hydrogens is 328 g/mol. The van der Waals surface area contributed by atoms with Gasteiger partial charge in [-0.05, 0) is 24.1 Å². The normalized spacial score (nSPS) is 19.9. The zero-order valence-corrected chi connectivity index (χ0v) is 14.9. The van der Waals surface area contributed by atoms with Gasteiger partial charge in [-0.3, -0.25) is 0 Å². The number of hydrogen-bond donors (Lipinski definition) is 1. The molecule has 1 N–H and O–H groups in total. The average molecular weight is 350 g/mol. The minimum absolute atomic E-state index is 0.314. The molecule has 0 saturated heterocycles. The van der Waals surface area contributed by atoms with Gasteiger partial charge in [-0.2, -0.15) is 0 Å². The molecule has 1 aliphatic heterocycles. The van der Waals surface area contributed by atoms with E-state index in [9.17, 15) is 9.90 Å². The Morgan fingerprint density at radius 3 is 2.46 bits per heavy atom. The number of cyclic esters (lactones) is 1. The summed E-state index contributed by atoms with van der Waals surface area (Å²) in [5.74, 6) is -1.61. The molecule has 0 aromatic heterocycles. The molecule has 0 spiro atoms. The second-order valence-corrected chi connectivity index (χ2v) is 6.16. The van der Waals surface area contributed by atoms with Crippen LogP contribution in [0.25, 0.3) is 11.6 Å². The Labute approximate surface area is 153 Å². The third-order valence-corrected chi connectivity index (χ3v) is 4.35. The molecule has 0 aliphatic carbocycles. The largest absolute Gasteiger partial charge is 0.496 e. The van der Waals surface area contributed by atoms with E-state index in [1.54, 1.807) is 19.3 Å². The maximum atomic E-state index is 12.5. The second-order valence-electron chi connectivity index (χ2n) is 6.16. The summed E-state index contributed by atoms with van der Waals surface area (Å²) in [6.07, 6.45) is 4.52. The van der Waals surface area contributed by atoms with Crippen molar-refractivity contribution in [3.63, 3.8) is 0 Å². The molecule has 0 amide bonds. The maximum absolute atomic E-state index is 12.5. The van der Waals surface area contributed by atoms with E-state index in [1.165, 1.54) is 0 Å². The highest BCUT2D eigenvalue weighted by Crippen LogP contribution is 2.44. The van der Waals surface area contributed by atoms with Crippen molar-refractivity contribution in [3.8, 4) is 5.75 Å². The molecule has 1 atom stereocenters. The highest BCUT2D eigenvalue weighted by atomic mass is 16.7. The fraction of sp³-hybridized carbons (Fsp3) is 0.227. The summed E-state index contributed by atoms with van der Waals surface area (Å²) < 4.78 is 10.8. The molecule has 4 nitrogen and oxygen atoms in total. The number of methoxy groups -OCH3 is 1. The van der Waals surface area contributed by atoms with Crippen LogP contribution in [-0.4, -0.2) is 24.0 Å². The number of carbonyl (C=O) groups is 1. The first-order chi connectivity index (χ1) is 12.6. The SMILES string of the molecule is CCCC1(O)OC(=O)C(C=Cc2ccccc2)=C1c1ccccc1OC. The predicted octanol–water partition coefficient (Wildman–Crippen LogP) is 4.21. The summed E-state index contributed by atoms with van der Waals surface area (Å²) in [6.45, 7) is 1.93. The smallest absolute Gasteiger partial charge is 0.341 e. The van der Waals surface area contributed by atoms with E-state index < -0.39 is 11.8 Å². The van der Waals surface area contributed by atoms with Gasteiger partial charge in [0.2, 0.25) is 5.79 Å². The third kappa shape index (κ3) is 3.41. The van der Waals surface area contributed by atoms with Crippen LogP contribution in [0.5, 0.6) is 5.75 Å². The number of rotatable bonds is 6. The maximum Gasteiger partial charge on any atom is 0.341 e. The van der Waals surface area contributed by atoms with Gasteiger partial charge in [0.15, 0.2) is 0 Å². The molecule has 4 heteroatoms. The van der Waals surface area contributed by atoms with Crippen molar-refractivity contribution in [3.05, 3.63) is 77.4 Å². The lowest BCUT2D eigenvalue weighted by atomic mass is 9.90. The molecule has 134 valence electrons. The number of aliphatic hydroxyl groups is 1. The zero-order valence-electron chi connectivity index (χ0n) is 14.9. The lowest BCUT2D eigenvalue weighted by Gasteiger charge is -2.25. The number of benzene rings is 2. The Hall–Kier alpha value is -2.85. The van der Waals surface area contributed by atoms with E-state index in [-0.39, 0.29) is 0 Å². The van der Waals surface area contributed by atoms with Crippen LogP contribution < -0.4 is 4.74 Å². The van der Waals surface area contributed by atoms with E-state index >= 15 is 0 Å². The summed E-state index contributed by atoms with van der Waals surface area (Å²) >= 11 is 0. The minimum atomic E-state index is -1.66. The summed E-state index contributed by atoms with van der Waals surface area (Å²) in [4.78, 5) is 12.5. The second kappa shape index (κ2) is 7.58. The van der Waals surface area contributed by atoms with E-state index in [0.29, 0.717) is 35.3 Å². The molecule has 0 bridgehead atoms. The van der Waals surface area contributed by atoms with E-state index in [1.807, 2.05) is 61.5 Å². The summed E-state index contributed by atoms with van der Waals surface area (Å²) in [5, 5.41) is 11.1. The van der Waals surface area contributed by atoms with E-state index in [2.05, 4.69) is 0 Å². The fourth-order valence-electron chi connectivity index (χ4n) is 3.19. The Morgan fingerprint density at radius 2 is 1.77 bits per heavy atom. The highest BCUT2D eigenvalue weighted by Gasteiger charge is 2.46. The third-order valence-electron chi connectivity index (χ3n) is 4.35. The van der Waals surface area contributed by atoms with Gasteiger partial charge in [0.05, 0.1) is 12.7 Å². The van der Waals surface area contributed by atoms with Crippen molar-refractivity contribution < 1.29 is 19.4 Å². The monoisotopic (exact) mass is 350 g/mol. The molecule has 2 aromatic carbocycles. The van der Waals surface area contributed by atoms with Crippen LogP contribution >= 0.6 is 0 Å². The topological polar surface area (TPSA) is 55.8 Å². The standard InChI is InChI=1S/C22H22O4/c1-3-15-22(24)20(17-11-7-8-12-19(17)25-2)18(21(23)26-22)14-13-16-9-5-4-6-10-16/h4-14,24H,3,15H2,1-2H3. The average Bonchev–Trinajstić information content (AvgIpc) is 2.90. The number of hydrogen-bond acceptors (Lipinski definition) is 4. The Balaban J connectivity index is 2.16. The zero-order chi connectivity index (χ0) is 18.6. The van der Waals surface area contributed by atoms with E-state index in [4.69, 9.17) is 9.47 Å². The van der Waals surface area contributed by atoms with Crippen LogP contribution in [-0.2, 0) is 9.53 Å². The van der Waals surface area contributed by atoms with E-state index in [0.717, 1.165) is 5.56 Å². The highest BCUT2D eigenvalue weighted by molar-refractivity contribution is 6.07. The lowest BCUT2D eigenvalue weighted by molar-refractivity contribution is -0.177. The van der Waals surface area contributed by atoms with Gasteiger partial charge in [0.25, 0.3) is 0 Å². The molecule has 0 radical (unpaired) electrons. The summed E-state index contributed by atoms with van der Waals surface area (Å²) in [5.41, 5.74) is 2.41. The molecule has 1 aliphatic rings. The molecule has 3 rings (SSSR count). The quantitative estimate of drug-likeness (QED) is 0.793. The first-order valence-electron chi connectivity index (χ1n) is 8.66. The van der Waals surface area contributed by atoms with Crippen molar-refractivity contribution >= 4 is 17.6 Å². The van der Waals surface area contributed by atoms with Gasteiger partial charge in [-0.25, -0.2) is 4.79 Å². The van der Waals surface area contributed by atoms with Crippen molar-refractivity contribution in [2.24, 2.45) is 0 Å². The van der Waals surface area contributed by atoms with Crippen LogP contribution in [0.4, 0.5) is 0 Å². The molecule has 1 unspecified atom stereocenters. The van der Waals surface area contributed by atoms with Crippen molar-refractivity contribution in [2.75, 3.05) is 7.11 Å². The first-order valence-corrected chi connectivity index (χ1v) is 8.66. The van der Waals surface area contributed by atoms with Crippen LogP contribution in [0.2, 0.25) is 0 Å². The van der Waals surface area contributed by atoms with Gasteiger partial charge in [0.1, 0.15) is 5.75 Å². The number of para-hydroxylation sites is 1. The van der Waals surface area contributed by atoms with Crippen LogP contribution in [0.3, 0.4) is 0 Å². The molecule has 0 fully saturated rings. The molecule has 26 heavy (non-hydrogen) atoms. The lowest BCUT2D eigenvalue weighted by Crippen LogP contribution is -2.30. The summed E-state index contributed by atoms with van der Waals surface area (Å²) in [7, 11) is 1.56. The number of esters is 1. The van der Waals surface area contributed by atoms with Gasteiger partial charge < -0.3 is 14.6 Å². The summed E-state index contributed by atoms with van der Waals surface area (Å²) in [6, 6.07) is 17.0. The van der Waals surface area contributed by atoms with Crippen molar-refractivity contribution in [1.29, 1.82) is 0 Å². The molecular formula is C22H22O4. The molecule has 0 saturated carbocycles. The van der Waals surface area contributed by atoms with Crippen molar-refractivity contribution in [2.45, 2.75) is 25.6 Å². The Bertz CT molecular complexity index is 851. The van der Waals surface area contributed by atoms with Gasteiger partial charge in [-0.1, -0.05) is 61.5 Å². The van der Waals surface area contributed by atoms with Gasteiger partial charge in [0, 0.05) is 17.6 Å². The predicted molar refractivity (Wildman–Crippen MR) is 101 cm³/mol. The van der Waals surface area contributed by atoms with Crippen LogP contribution in [0, 0.1) is 0 Å². The number of carbonyl (C=O) groups excluding carboxylic acids is 1.